The lowest BCUT2D eigenvalue weighted by Gasteiger charge is -2.20. The van der Waals surface area contributed by atoms with Crippen molar-refractivity contribution in [2.75, 3.05) is 20.6 Å². The zero-order valence-electron chi connectivity index (χ0n) is 11.0. The van der Waals surface area contributed by atoms with Crippen LogP contribution in [0, 0.1) is 5.92 Å². The highest BCUT2D eigenvalue weighted by Crippen LogP contribution is 2.27. The van der Waals surface area contributed by atoms with Gasteiger partial charge in [0.1, 0.15) is 0 Å². The molecule has 1 rings (SSSR count). The predicted octanol–water partition coefficient (Wildman–Crippen LogP) is 2.02. The molecule has 0 unspecified atom stereocenters. The molecule has 16 heavy (non-hydrogen) atoms. The first kappa shape index (κ1) is 13.5. The van der Waals surface area contributed by atoms with Gasteiger partial charge in [-0.2, -0.15) is 0 Å². The maximum Gasteiger partial charge on any atom is 0.222 e. The van der Waals surface area contributed by atoms with Gasteiger partial charge in [0.25, 0.3) is 0 Å². The van der Waals surface area contributed by atoms with Crippen molar-refractivity contribution in [1.29, 1.82) is 0 Å². The van der Waals surface area contributed by atoms with E-state index in [1.807, 2.05) is 14.1 Å². The Bertz CT molecular complexity index is 210. The van der Waals surface area contributed by atoms with Crippen molar-refractivity contribution in [1.82, 2.24) is 10.2 Å². The molecular weight excluding hydrogens is 200 g/mol. The van der Waals surface area contributed by atoms with Crippen molar-refractivity contribution >= 4 is 5.91 Å². The van der Waals surface area contributed by atoms with Gasteiger partial charge in [0.15, 0.2) is 0 Å². The van der Waals surface area contributed by atoms with E-state index in [0.717, 1.165) is 18.9 Å². The van der Waals surface area contributed by atoms with Crippen molar-refractivity contribution in [3.05, 3.63) is 0 Å². The Morgan fingerprint density at radius 3 is 2.56 bits per heavy atom. The SMILES string of the molecule is C[C@H](NCCCC(=O)N(C)C)C1CCCC1. The minimum absolute atomic E-state index is 0.232. The number of nitrogens with one attached hydrogen (secondary N) is 1. The maximum atomic E-state index is 11.3. The van der Waals surface area contributed by atoms with Crippen molar-refractivity contribution in [3.8, 4) is 0 Å². The van der Waals surface area contributed by atoms with Crippen molar-refractivity contribution in [3.63, 3.8) is 0 Å². The Morgan fingerprint density at radius 2 is 2.00 bits per heavy atom. The van der Waals surface area contributed by atoms with Crippen LogP contribution in [0.25, 0.3) is 0 Å². The molecule has 0 aromatic rings. The number of amides is 1. The van der Waals surface area contributed by atoms with Crippen LogP contribution in [0.5, 0.6) is 0 Å². The fourth-order valence-electron chi connectivity index (χ4n) is 2.42. The Hall–Kier alpha value is -0.570. The molecule has 0 radical (unpaired) electrons. The number of carbonyl (C=O) groups excluding carboxylic acids is 1. The summed E-state index contributed by atoms with van der Waals surface area (Å²) in [6.07, 6.45) is 7.17. The van der Waals surface area contributed by atoms with Gasteiger partial charge in [-0.25, -0.2) is 0 Å². The van der Waals surface area contributed by atoms with Crippen LogP contribution >= 0.6 is 0 Å². The summed E-state index contributed by atoms with van der Waals surface area (Å²) in [5.41, 5.74) is 0. The maximum absolute atomic E-state index is 11.3. The lowest BCUT2D eigenvalue weighted by molar-refractivity contribution is -0.128. The van der Waals surface area contributed by atoms with E-state index in [-0.39, 0.29) is 5.91 Å². The van der Waals surface area contributed by atoms with Gasteiger partial charge in [-0.3, -0.25) is 4.79 Å². The van der Waals surface area contributed by atoms with E-state index >= 15 is 0 Å². The number of nitrogens with zero attached hydrogens (tertiary/aromatic N) is 1. The highest BCUT2D eigenvalue weighted by molar-refractivity contribution is 5.75. The quantitative estimate of drug-likeness (QED) is 0.703. The van der Waals surface area contributed by atoms with Crippen molar-refractivity contribution < 1.29 is 4.79 Å². The van der Waals surface area contributed by atoms with Crippen LogP contribution in [-0.2, 0) is 4.79 Å². The second-order valence-corrected chi connectivity index (χ2v) is 5.18. The summed E-state index contributed by atoms with van der Waals surface area (Å²) in [5, 5.41) is 3.55. The molecule has 0 saturated heterocycles. The lowest BCUT2D eigenvalue weighted by Crippen LogP contribution is -2.33. The summed E-state index contributed by atoms with van der Waals surface area (Å²) in [6, 6.07) is 0.622. The summed E-state index contributed by atoms with van der Waals surface area (Å²) >= 11 is 0. The molecule has 3 heteroatoms. The summed E-state index contributed by atoms with van der Waals surface area (Å²) in [5.74, 6) is 1.10. The molecule has 0 aromatic carbocycles. The Balaban J connectivity index is 2.04. The largest absolute Gasteiger partial charge is 0.349 e. The standard InChI is InChI=1S/C13H26N2O/c1-11(12-7-4-5-8-12)14-10-6-9-13(16)15(2)3/h11-12,14H,4-10H2,1-3H3/t11-/m0/s1. The molecule has 1 fully saturated rings. The van der Waals surface area contributed by atoms with Gasteiger partial charge in [-0.15, -0.1) is 0 Å². The third kappa shape index (κ3) is 4.52. The molecule has 1 aliphatic rings. The minimum atomic E-state index is 0.232. The van der Waals surface area contributed by atoms with Crippen LogP contribution in [0.4, 0.5) is 0 Å². The Morgan fingerprint density at radius 1 is 1.38 bits per heavy atom. The first-order valence-electron chi connectivity index (χ1n) is 6.55. The second-order valence-electron chi connectivity index (χ2n) is 5.18. The van der Waals surface area contributed by atoms with E-state index in [1.165, 1.54) is 25.7 Å². The number of carbonyl (C=O) groups is 1. The van der Waals surface area contributed by atoms with Gasteiger partial charge in [-0.05, 0) is 38.6 Å². The molecule has 1 aliphatic carbocycles. The van der Waals surface area contributed by atoms with Crippen LogP contribution in [0.1, 0.15) is 45.4 Å². The van der Waals surface area contributed by atoms with Crippen LogP contribution in [0.3, 0.4) is 0 Å². The van der Waals surface area contributed by atoms with E-state index in [0.29, 0.717) is 12.5 Å². The third-order valence-electron chi connectivity index (χ3n) is 3.64. The van der Waals surface area contributed by atoms with Gasteiger partial charge in [0.05, 0.1) is 0 Å². The molecule has 1 amide bonds. The zero-order chi connectivity index (χ0) is 12.0. The summed E-state index contributed by atoms with van der Waals surface area (Å²) in [4.78, 5) is 13.0. The molecule has 0 heterocycles. The zero-order valence-corrected chi connectivity index (χ0v) is 11.0. The summed E-state index contributed by atoms with van der Waals surface area (Å²) in [6.45, 7) is 3.25. The van der Waals surface area contributed by atoms with Gasteiger partial charge in [-0.1, -0.05) is 12.8 Å². The topological polar surface area (TPSA) is 32.3 Å². The molecule has 3 nitrogen and oxygen atoms in total. The molecule has 94 valence electrons. The van der Waals surface area contributed by atoms with Crippen LogP contribution in [0.2, 0.25) is 0 Å². The molecule has 0 bridgehead atoms. The molecule has 1 atom stereocenters. The highest BCUT2D eigenvalue weighted by Gasteiger charge is 2.20. The third-order valence-corrected chi connectivity index (χ3v) is 3.64. The first-order chi connectivity index (χ1) is 7.61. The van der Waals surface area contributed by atoms with Gasteiger partial charge in [0.2, 0.25) is 5.91 Å². The van der Waals surface area contributed by atoms with Gasteiger partial charge >= 0.3 is 0 Å². The molecule has 0 aliphatic heterocycles. The molecule has 0 aromatic heterocycles. The van der Waals surface area contributed by atoms with Gasteiger partial charge < -0.3 is 10.2 Å². The average molecular weight is 226 g/mol. The summed E-state index contributed by atoms with van der Waals surface area (Å²) in [7, 11) is 3.63. The summed E-state index contributed by atoms with van der Waals surface area (Å²) < 4.78 is 0. The normalized spacial score (nSPS) is 18.7. The Labute approximate surface area is 99.6 Å². The molecular formula is C13H26N2O. The van der Waals surface area contributed by atoms with Crippen LogP contribution in [-0.4, -0.2) is 37.5 Å². The minimum Gasteiger partial charge on any atom is -0.349 e. The average Bonchev–Trinajstić information content (AvgIpc) is 2.76. The number of hydrogen-bond donors (Lipinski definition) is 1. The van der Waals surface area contributed by atoms with E-state index in [2.05, 4.69) is 12.2 Å². The van der Waals surface area contributed by atoms with E-state index < -0.39 is 0 Å². The highest BCUT2D eigenvalue weighted by atomic mass is 16.2. The van der Waals surface area contributed by atoms with Gasteiger partial charge in [0, 0.05) is 26.6 Å². The molecule has 0 spiro atoms. The molecule has 1 saturated carbocycles. The number of rotatable bonds is 6. The smallest absolute Gasteiger partial charge is 0.222 e. The monoisotopic (exact) mass is 226 g/mol. The van der Waals surface area contributed by atoms with E-state index in [1.54, 1.807) is 4.90 Å². The van der Waals surface area contributed by atoms with Crippen molar-refractivity contribution in [2.45, 2.75) is 51.5 Å². The molecule has 1 N–H and O–H groups in total. The van der Waals surface area contributed by atoms with Crippen LogP contribution < -0.4 is 5.32 Å². The number of hydrogen-bond acceptors (Lipinski definition) is 2. The first-order valence-corrected chi connectivity index (χ1v) is 6.55. The fraction of sp³-hybridized carbons (Fsp3) is 0.923. The lowest BCUT2D eigenvalue weighted by atomic mass is 10.00. The van der Waals surface area contributed by atoms with Crippen molar-refractivity contribution in [2.24, 2.45) is 5.92 Å². The van der Waals surface area contributed by atoms with E-state index in [9.17, 15) is 4.79 Å². The van der Waals surface area contributed by atoms with Crippen LogP contribution in [0.15, 0.2) is 0 Å². The Kier molecular flexibility index (Phi) is 5.81. The van der Waals surface area contributed by atoms with E-state index in [4.69, 9.17) is 0 Å². The predicted molar refractivity (Wildman–Crippen MR) is 67.4 cm³/mol. The second kappa shape index (κ2) is 6.89. The fourth-order valence-corrected chi connectivity index (χ4v) is 2.42.